The summed E-state index contributed by atoms with van der Waals surface area (Å²) in [5.41, 5.74) is 0. The fourth-order valence-electron chi connectivity index (χ4n) is 1.58. The summed E-state index contributed by atoms with van der Waals surface area (Å²) in [6, 6.07) is -1.25. The van der Waals surface area contributed by atoms with Crippen LogP contribution in [0.2, 0.25) is 0 Å². The normalized spacial score (nSPS) is 14.0. The lowest BCUT2D eigenvalue weighted by Crippen LogP contribution is -2.50. The Bertz CT molecular complexity index is 355. The minimum absolute atomic E-state index is 0.188. The average molecular weight is 527 g/mol. The zero-order chi connectivity index (χ0) is 17.3. The van der Waals surface area contributed by atoms with Crippen molar-refractivity contribution in [1.82, 2.24) is 14.9 Å². The summed E-state index contributed by atoms with van der Waals surface area (Å²) in [5, 5.41) is 9.74. The minimum atomic E-state index is -0.658. The summed E-state index contributed by atoms with van der Waals surface area (Å²) in [6.07, 6.45) is 0.253. The lowest BCUT2D eigenvalue weighted by atomic mass is 10.0. The Kier molecular flexibility index (Phi) is 12.5. The number of nitrogens with zero attached hydrogens (tertiary/aromatic N) is 3. The Morgan fingerprint density at radius 2 is 1.48 bits per heavy atom. The molecule has 0 heterocycles. The lowest BCUT2D eigenvalue weighted by Gasteiger charge is -2.31. The molecule has 3 amide bonds. The Morgan fingerprint density at radius 1 is 1.05 bits per heavy atom. The van der Waals surface area contributed by atoms with Crippen molar-refractivity contribution in [2.24, 2.45) is 5.92 Å². The molecule has 0 aliphatic rings. The quantitative estimate of drug-likeness (QED) is 0.246. The van der Waals surface area contributed by atoms with Gasteiger partial charge in [0.1, 0.15) is 6.04 Å². The van der Waals surface area contributed by atoms with E-state index in [9.17, 15) is 19.6 Å². The van der Waals surface area contributed by atoms with Gasteiger partial charge in [-0.2, -0.15) is 0 Å². The number of carbonyl (C=O) groups excluding carboxylic acids is 3. The Labute approximate surface area is 149 Å². The smallest absolute Gasteiger partial charge is 0.244 e. The van der Waals surface area contributed by atoms with Crippen molar-refractivity contribution in [2.75, 3.05) is 21.1 Å². The zero-order valence-corrected chi connectivity index (χ0v) is 17.4. The monoisotopic (exact) mass is 527 g/mol. The van der Waals surface area contributed by atoms with Crippen LogP contribution in [0.5, 0.6) is 0 Å². The van der Waals surface area contributed by atoms with Gasteiger partial charge in [0.05, 0.1) is 12.0 Å². The molecule has 9 heteroatoms. The van der Waals surface area contributed by atoms with Gasteiger partial charge in [0.2, 0.25) is 18.2 Å². The van der Waals surface area contributed by atoms with Crippen molar-refractivity contribution in [3.63, 3.8) is 0 Å². The van der Waals surface area contributed by atoms with Gasteiger partial charge >= 0.3 is 0 Å². The van der Waals surface area contributed by atoms with Gasteiger partial charge in [0.25, 0.3) is 0 Å². The number of amides is 3. The van der Waals surface area contributed by atoms with Crippen LogP contribution in [0.15, 0.2) is 0 Å². The molecule has 0 bridgehead atoms. The molecule has 0 radical (unpaired) electrons. The van der Waals surface area contributed by atoms with Crippen molar-refractivity contribution in [3.05, 3.63) is 0 Å². The Balaban J connectivity index is 0. The van der Waals surface area contributed by atoms with Gasteiger partial charge in [-0.25, -0.2) is 5.06 Å². The van der Waals surface area contributed by atoms with Gasteiger partial charge in [0, 0.05) is 58.4 Å². The molecule has 0 saturated carbocycles. The molecule has 0 aliphatic carbocycles. The van der Waals surface area contributed by atoms with E-state index in [1.165, 1.54) is 16.8 Å². The van der Waals surface area contributed by atoms with Gasteiger partial charge in [-0.05, 0) is 13.8 Å². The first-order valence-electron chi connectivity index (χ1n) is 6.19. The van der Waals surface area contributed by atoms with Crippen molar-refractivity contribution in [1.29, 1.82) is 0 Å². The third kappa shape index (κ3) is 7.08. The second kappa shape index (κ2) is 11.4. The molecular formula is C12H23I2N3O4. The SMILES string of the molecule is CC(C(=O)N(C)C(C)C(=O)N(C)C)C(C)N(O)C=O.II. The summed E-state index contributed by atoms with van der Waals surface area (Å²) < 4.78 is 0. The third-order valence-electron chi connectivity index (χ3n) is 3.37. The van der Waals surface area contributed by atoms with Crippen molar-refractivity contribution in [2.45, 2.75) is 32.9 Å². The molecule has 0 aromatic heterocycles. The fraction of sp³-hybridized carbons (Fsp3) is 0.750. The second-order valence-corrected chi connectivity index (χ2v) is 4.87. The van der Waals surface area contributed by atoms with Crippen LogP contribution in [-0.2, 0) is 14.4 Å². The Hall–Kier alpha value is -0.170. The largest absolute Gasteiger partial charge is 0.347 e. The number of hydroxylamine groups is 2. The number of likely N-dealkylation sites (N-methyl/N-ethyl adjacent to an activating group) is 2. The minimum Gasteiger partial charge on any atom is -0.347 e. The maximum absolute atomic E-state index is 12.2. The van der Waals surface area contributed by atoms with Gasteiger partial charge < -0.3 is 9.80 Å². The van der Waals surface area contributed by atoms with Crippen LogP contribution in [0, 0.1) is 5.92 Å². The molecule has 124 valence electrons. The number of hydrogen-bond donors (Lipinski definition) is 1. The molecular weight excluding hydrogens is 504 g/mol. The van der Waals surface area contributed by atoms with E-state index in [1.54, 1.807) is 34.9 Å². The topological polar surface area (TPSA) is 81.2 Å². The number of hydrogen-bond acceptors (Lipinski definition) is 4. The number of rotatable bonds is 6. The summed E-state index contributed by atoms with van der Waals surface area (Å²) in [4.78, 5) is 37.2. The van der Waals surface area contributed by atoms with Crippen molar-refractivity contribution < 1.29 is 19.6 Å². The summed E-state index contributed by atoms with van der Waals surface area (Å²) in [6.45, 7) is 4.79. The predicted molar refractivity (Wildman–Crippen MR) is 97.3 cm³/mol. The fourth-order valence-corrected chi connectivity index (χ4v) is 1.58. The first-order chi connectivity index (χ1) is 9.64. The second-order valence-electron chi connectivity index (χ2n) is 4.87. The maximum Gasteiger partial charge on any atom is 0.244 e. The molecule has 0 fully saturated rings. The standard InChI is InChI=1S/C12H23N3O4.I2/c1-8(9(2)15(19)7-16)11(17)14(6)10(3)12(18)13(4)5;1-2/h7-10,19H,1-6H3;. The average Bonchev–Trinajstić information content (AvgIpc) is 2.51. The highest BCUT2D eigenvalue weighted by molar-refractivity contribution is 15.0. The van der Waals surface area contributed by atoms with E-state index >= 15 is 0 Å². The molecule has 0 aromatic rings. The van der Waals surface area contributed by atoms with Crippen LogP contribution in [0.3, 0.4) is 0 Å². The lowest BCUT2D eigenvalue weighted by molar-refractivity contribution is -0.168. The summed E-state index contributed by atoms with van der Waals surface area (Å²) >= 11 is 4.24. The highest BCUT2D eigenvalue weighted by Crippen LogP contribution is 2.13. The van der Waals surface area contributed by atoms with E-state index in [0.29, 0.717) is 5.06 Å². The highest BCUT2D eigenvalue weighted by Gasteiger charge is 2.31. The van der Waals surface area contributed by atoms with E-state index in [4.69, 9.17) is 0 Å². The van der Waals surface area contributed by atoms with E-state index in [0.717, 1.165) is 0 Å². The summed E-state index contributed by atoms with van der Waals surface area (Å²) in [7, 11) is 4.76. The van der Waals surface area contributed by atoms with Crippen LogP contribution in [0.25, 0.3) is 0 Å². The van der Waals surface area contributed by atoms with Crippen LogP contribution in [0.4, 0.5) is 0 Å². The molecule has 0 spiro atoms. The highest BCUT2D eigenvalue weighted by atomic mass is 128. The molecule has 3 atom stereocenters. The molecule has 0 saturated heterocycles. The molecule has 21 heavy (non-hydrogen) atoms. The zero-order valence-electron chi connectivity index (χ0n) is 13.1. The van der Waals surface area contributed by atoms with E-state index in [1.807, 2.05) is 0 Å². The molecule has 7 nitrogen and oxygen atoms in total. The van der Waals surface area contributed by atoms with Crippen molar-refractivity contribution >= 4 is 55.5 Å². The van der Waals surface area contributed by atoms with Gasteiger partial charge in [-0.15, -0.1) is 0 Å². The van der Waals surface area contributed by atoms with Gasteiger partial charge in [-0.1, -0.05) is 6.92 Å². The first kappa shape index (κ1) is 23.1. The first-order valence-corrected chi connectivity index (χ1v) is 12.5. The van der Waals surface area contributed by atoms with Gasteiger partial charge in [0.15, 0.2) is 0 Å². The molecule has 0 rings (SSSR count). The third-order valence-corrected chi connectivity index (χ3v) is 3.37. The van der Waals surface area contributed by atoms with E-state index < -0.39 is 18.0 Å². The Morgan fingerprint density at radius 3 is 1.81 bits per heavy atom. The number of carbonyl (C=O) groups is 3. The van der Waals surface area contributed by atoms with Crippen LogP contribution < -0.4 is 0 Å². The molecule has 1 N–H and O–H groups in total. The molecule has 0 aromatic carbocycles. The van der Waals surface area contributed by atoms with E-state index in [-0.39, 0.29) is 18.2 Å². The van der Waals surface area contributed by atoms with Crippen LogP contribution in [-0.4, -0.2) is 71.5 Å². The predicted octanol–water partition coefficient (Wildman–Crippen LogP) is 1.57. The molecule has 3 unspecified atom stereocenters. The maximum atomic E-state index is 12.2. The number of halogens is 2. The van der Waals surface area contributed by atoms with Crippen molar-refractivity contribution in [3.8, 4) is 0 Å². The van der Waals surface area contributed by atoms with E-state index in [2.05, 4.69) is 37.2 Å². The summed E-state index contributed by atoms with van der Waals surface area (Å²) in [5.74, 6) is -1.11. The van der Waals surface area contributed by atoms with Crippen LogP contribution >= 0.6 is 37.2 Å². The molecule has 0 aliphatic heterocycles. The van der Waals surface area contributed by atoms with Crippen LogP contribution in [0.1, 0.15) is 20.8 Å². The van der Waals surface area contributed by atoms with Gasteiger partial charge in [-0.3, -0.25) is 19.6 Å².